The first-order chi connectivity index (χ1) is 8.31. The van der Waals surface area contributed by atoms with Crippen LogP contribution in [-0.4, -0.2) is 34.1 Å². The van der Waals surface area contributed by atoms with E-state index in [1.54, 1.807) is 18.0 Å². The number of nitrogens with two attached hydrogens (primary N) is 1. The minimum Gasteiger partial charge on any atom is -0.354 e. The van der Waals surface area contributed by atoms with E-state index in [1.165, 1.54) is 0 Å². The summed E-state index contributed by atoms with van der Waals surface area (Å²) in [4.78, 5) is 15.1. The van der Waals surface area contributed by atoms with E-state index in [2.05, 4.69) is 10.3 Å². The Morgan fingerprint density at radius 3 is 2.95 bits per heavy atom. The van der Waals surface area contributed by atoms with Crippen LogP contribution in [0.15, 0.2) is 35.6 Å². The monoisotopic (exact) mass is 322 g/mol. The number of nitrogens with one attached hydrogen (secondary N) is 1. The standard InChI is InChI=1S/C11H14N4OS.2ClH/c12-8-10(16)14-5-7-17-11-3-1-2-9-13-4-6-15(9)11;;/h1-4,6H,5,7-8,12H2,(H,14,16);2*1H. The summed E-state index contributed by atoms with van der Waals surface area (Å²) >= 11 is 1.67. The highest BCUT2D eigenvalue weighted by Crippen LogP contribution is 2.18. The van der Waals surface area contributed by atoms with Crippen LogP contribution in [0, 0.1) is 0 Å². The van der Waals surface area contributed by atoms with Gasteiger partial charge in [-0.15, -0.1) is 36.6 Å². The fourth-order valence-corrected chi connectivity index (χ4v) is 2.34. The largest absolute Gasteiger partial charge is 0.354 e. The van der Waals surface area contributed by atoms with Gasteiger partial charge < -0.3 is 11.1 Å². The number of carbonyl (C=O) groups is 1. The van der Waals surface area contributed by atoms with Gasteiger partial charge in [0.15, 0.2) is 0 Å². The van der Waals surface area contributed by atoms with Crippen LogP contribution in [0.3, 0.4) is 0 Å². The number of halogens is 2. The number of aromatic nitrogens is 2. The summed E-state index contributed by atoms with van der Waals surface area (Å²) in [7, 11) is 0. The summed E-state index contributed by atoms with van der Waals surface area (Å²) < 4.78 is 2.02. The SMILES string of the molecule is Cl.Cl.NCC(=O)NCCSc1cccc2nccn12. The lowest BCUT2D eigenvalue weighted by Gasteiger charge is -2.05. The van der Waals surface area contributed by atoms with Gasteiger partial charge in [-0.2, -0.15) is 0 Å². The van der Waals surface area contributed by atoms with Crippen molar-refractivity contribution in [1.29, 1.82) is 0 Å². The second-order valence-electron chi connectivity index (χ2n) is 3.42. The van der Waals surface area contributed by atoms with E-state index in [0.717, 1.165) is 16.4 Å². The first-order valence-corrected chi connectivity index (χ1v) is 6.31. The summed E-state index contributed by atoms with van der Waals surface area (Å²) in [6, 6.07) is 5.97. The lowest BCUT2D eigenvalue weighted by molar-refractivity contribution is -0.119. The molecule has 0 aliphatic rings. The Bertz CT molecular complexity index is 520. The number of fused-ring (bicyclic) bond motifs is 1. The van der Waals surface area contributed by atoms with Crippen molar-refractivity contribution in [2.75, 3.05) is 18.8 Å². The number of nitrogens with zero attached hydrogens (tertiary/aromatic N) is 2. The molecule has 0 fully saturated rings. The highest BCUT2D eigenvalue weighted by Gasteiger charge is 2.01. The van der Waals surface area contributed by atoms with Crippen molar-refractivity contribution < 1.29 is 4.79 Å². The number of carbonyl (C=O) groups excluding carboxylic acids is 1. The number of rotatable bonds is 5. The van der Waals surface area contributed by atoms with Crippen LogP contribution in [0.2, 0.25) is 0 Å². The Hall–Kier alpha value is -0.950. The van der Waals surface area contributed by atoms with Crippen molar-refractivity contribution in [3.05, 3.63) is 30.6 Å². The van der Waals surface area contributed by atoms with Crippen LogP contribution in [0.1, 0.15) is 0 Å². The molecule has 0 aliphatic carbocycles. The molecule has 0 aromatic carbocycles. The van der Waals surface area contributed by atoms with Crippen LogP contribution in [-0.2, 0) is 4.79 Å². The molecule has 0 saturated carbocycles. The number of pyridine rings is 1. The Morgan fingerprint density at radius 1 is 1.42 bits per heavy atom. The van der Waals surface area contributed by atoms with Gasteiger partial charge in [0.25, 0.3) is 0 Å². The van der Waals surface area contributed by atoms with Crippen LogP contribution >= 0.6 is 36.6 Å². The Balaban J connectivity index is 0.00000162. The Labute approximate surface area is 128 Å². The molecular formula is C11H16Cl2N4OS. The lowest BCUT2D eigenvalue weighted by Crippen LogP contribution is -2.31. The van der Waals surface area contributed by atoms with Gasteiger partial charge in [0.2, 0.25) is 5.91 Å². The zero-order valence-electron chi connectivity index (χ0n) is 10.1. The normalized spacial score (nSPS) is 9.53. The molecule has 2 rings (SSSR count). The number of hydrogen-bond acceptors (Lipinski definition) is 4. The summed E-state index contributed by atoms with van der Waals surface area (Å²) in [5, 5.41) is 3.85. The van der Waals surface area contributed by atoms with Crippen molar-refractivity contribution in [3.63, 3.8) is 0 Å². The maximum absolute atomic E-state index is 10.9. The zero-order valence-corrected chi connectivity index (χ0v) is 12.6. The second kappa shape index (κ2) is 9.03. The third-order valence-corrected chi connectivity index (χ3v) is 3.29. The molecule has 19 heavy (non-hydrogen) atoms. The molecule has 0 spiro atoms. The average molecular weight is 323 g/mol. The van der Waals surface area contributed by atoms with E-state index >= 15 is 0 Å². The van der Waals surface area contributed by atoms with Crippen molar-refractivity contribution >= 4 is 48.1 Å². The first-order valence-electron chi connectivity index (χ1n) is 5.33. The third-order valence-electron chi connectivity index (χ3n) is 2.25. The number of imidazole rings is 1. The maximum Gasteiger partial charge on any atom is 0.233 e. The van der Waals surface area contributed by atoms with Gasteiger partial charge in [0.05, 0.1) is 11.6 Å². The number of amides is 1. The fraction of sp³-hybridized carbons (Fsp3) is 0.273. The van der Waals surface area contributed by atoms with Crippen molar-refractivity contribution in [3.8, 4) is 0 Å². The molecule has 0 bridgehead atoms. The van der Waals surface area contributed by atoms with Crippen molar-refractivity contribution in [2.45, 2.75) is 5.03 Å². The summed E-state index contributed by atoms with van der Waals surface area (Å²) in [6.45, 7) is 0.660. The zero-order chi connectivity index (χ0) is 12.1. The molecule has 2 heterocycles. The van der Waals surface area contributed by atoms with E-state index in [4.69, 9.17) is 5.73 Å². The molecule has 8 heteroatoms. The molecule has 0 unspecified atom stereocenters. The van der Waals surface area contributed by atoms with Gasteiger partial charge >= 0.3 is 0 Å². The Kier molecular flexibility index (Phi) is 8.58. The number of thioether (sulfide) groups is 1. The van der Waals surface area contributed by atoms with E-state index < -0.39 is 0 Å². The molecule has 0 radical (unpaired) electrons. The van der Waals surface area contributed by atoms with E-state index in [1.807, 2.05) is 28.8 Å². The molecule has 0 atom stereocenters. The van der Waals surface area contributed by atoms with Gasteiger partial charge in [0, 0.05) is 24.7 Å². The van der Waals surface area contributed by atoms with E-state index in [-0.39, 0.29) is 37.3 Å². The quantitative estimate of drug-likeness (QED) is 0.643. The molecule has 5 nitrogen and oxygen atoms in total. The highest BCUT2D eigenvalue weighted by molar-refractivity contribution is 7.99. The minimum atomic E-state index is -0.119. The summed E-state index contributed by atoms with van der Waals surface area (Å²) in [5.74, 6) is 0.690. The van der Waals surface area contributed by atoms with Crippen LogP contribution in [0.5, 0.6) is 0 Å². The van der Waals surface area contributed by atoms with Gasteiger partial charge in [-0.3, -0.25) is 9.20 Å². The molecular weight excluding hydrogens is 307 g/mol. The topological polar surface area (TPSA) is 72.4 Å². The molecule has 2 aromatic rings. The van der Waals surface area contributed by atoms with Crippen LogP contribution in [0.25, 0.3) is 5.65 Å². The molecule has 0 saturated heterocycles. The first kappa shape index (κ1) is 18.0. The molecule has 0 aliphatic heterocycles. The average Bonchev–Trinajstić information content (AvgIpc) is 2.83. The van der Waals surface area contributed by atoms with E-state index in [0.29, 0.717) is 6.54 Å². The lowest BCUT2D eigenvalue weighted by atomic mass is 10.5. The van der Waals surface area contributed by atoms with Crippen molar-refractivity contribution in [1.82, 2.24) is 14.7 Å². The van der Waals surface area contributed by atoms with Gasteiger partial charge in [-0.1, -0.05) is 6.07 Å². The van der Waals surface area contributed by atoms with Gasteiger partial charge in [-0.25, -0.2) is 4.98 Å². The summed E-state index contributed by atoms with van der Waals surface area (Å²) in [6.07, 6.45) is 3.70. The van der Waals surface area contributed by atoms with E-state index in [9.17, 15) is 4.79 Å². The van der Waals surface area contributed by atoms with Gasteiger partial charge in [-0.05, 0) is 12.1 Å². The van der Waals surface area contributed by atoms with Crippen LogP contribution in [0.4, 0.5) is 0 Å². The highest BCUT2D eigenvalue weighted by atomic mass is 35.5. The minimum absolute atomic E-state index is 0. The van der Waals surface area contributed by atoms with Gasteiger partial charge in [0.1, 0.15) is 5.65 Å². The molecule has 106 valence electrons. The maximum atomic E-state index is 10.9. The smallest absolute Gasteiger partial charge is 0.233 e. The summed E-state index contributed by atoms with van der Waals surface area (Å²) in [5.41, 5.74) is 6.13. The molecule has 3 N–H and O–H groups in total. The predicted octanol–water partition coefficient (Wildman–Crippen LogP) is 1.34. The Morgan fingerprint density at radius 2 is 2.21 bits per heavy atom. The van der Waals surface area contributed by atoms with Crippen LogP contribution < -0.4 is 11.1 Å². The fourth-order valence-electron chi connectivity index (χ4n) is 1.46. The third kappa shape index (κ3) is 4.91. The molecule has 1 amide bonds. The molecule has 2 aromatic heterocycles. The predicted molar refractivity (Wildman–Crippen MR) is 82.5 cm³/mol. The number of hydrogen-bond donors (Lipinski definition) is 2. The van der Waals surface area contributed by atoms with Crippen molar-refractivity contribution in [2.24, 2.45) is 5.73 Å². The second-order valence-corrected chi connectivity index (χ2v) is 4.54.